The van der Waals surface area contributed by atoms with Gasteiger partial charge in [-0.1, -0.05) is 11.6 Å². The smallest absolute Gasteiger partial charge is 0.307 e. The minimum absolute atomic E-state index is 0.107. The highest BCUT2D eigenvalue weighted by Crippen LogP contribution is 2.59. The average molecular weight is 342 g/mol. The molecular weight excluding hydrogens is 325 g/mol. The molecule has 1 heterocycles. The van der Waals surface area contributed by atoms with Gasteiger partial charge in [0, 0.05) is 13.1 Å². The molecule has 0 bridgehead atoms. The maximum atomic E-state index is 12.9. The number of ether oxygens (including phenoxy) is 1. The van der Waals surface area contributed by atoms with Gasteiger partial charge in [-0.2, -0.15) is 0 Å². The second kappa shape index (κ2) is 6.00. The first-order chi connectivity index (χ1) is 10.9. The number of aliphatic carboxylic acids is 1. The number of amides is 1. The number of carboxylic acids is 1. The minimum atomic E-state index is -0.737. The molecule has 0 radical (unpaired) electrons. The summed E-state index contributed by atoms with van der Waals surface area (Å²) in [5.41, 5.74) is -0.107. The van der Waals surface area contributed by atoms with Crippen LogP contribution in [-0.2, 0) is 9.59 Å². The van der Waals surface area contributed by atoms with E-state index >= 15 is 0 Å². The quantitative estimate of drug-likeness (QED) is 0.914. The maximum absolute atomic E-state index is 12.9. The molecule has 1 aromatic carbocycles. The lowest BCUT2D eigenvalue weighted by atomic mass is 9.91. The zero-order valence-corrected chi connectivity index (χ0v) is 13.2. The SMILES string of the molecule is O=C(O)C1CC12CCN(C(=O)COc1ccc(F)cc1Cl)CC2. The van der Waals surface area contributed by atoms with E-state index in [-0.39, 0.29) is 34.6 Å². The lowest BCUT2D eigenvalue weighted by molar-refractivity contribution is -0.140. The Hall–Kier alpha value is -1.82. The normalized spacial score (nSPS) is 22.0. The van der Waals surface area contributed by atoms with Crippen molar-refractivity contribution in [1.82, 2.24) is 4.90 Å². The van der Waals surface area contributed by atoms with Crippen LogP contribution >= 0.6 is 11.6 Å². The van der Waals surface area contributed by atoms with Crippen LogP contribution < -0.4 is 4.74 Å². The number of rotatable bonds is 4. The topological polar surface area (TPSA) is 66.8 Å². The Morgan fingerprint density at radius 1 is 1.39 bits per heavy atom. The number of hydrogen-bond donors (Lipinski definition) is 1. The van der Waals surface area contributed by atoms with Crippen LogP contribution in [0.15, 0.2) is 18.2 Å². The van der Waals surface area contributed by atoms with Crippen molar-refractivity contribution in [2.24, 2.45) is 11.3 Å². The standard InChI is InChI=1S/C16H17ClFNO4/c17-12-7-10(18)1-2-13(12)23-9-14(20)19-5-3-16(4-6-19)8-11(16)15(21)22/h1-2,7,11H,3-6,8-9H2,(H,21,22). The molecular formula is C16H17ClFNO4. The third-order valence-electron chi connectivity index (χ3n) is 4.84. The molecule has 1 aliphatic heterocycles. The average Bonchev–Trinajstić information content (AvgIpc) is 3.21. The fourth-order valence-corrected chi connectivity index (χ4v) is 3.50. The highest BCUT2D eigenvalue weighted by Gasteiger charge is 2.59. The summed E-state index contributed by atoms with van der Waals surface area (Å²) in [6.07, 6.45) is 2.14. The zero-order valence-electron chi connectivity index (χ0n) is 12.4. The molecule has 1 aromatic rings. The Morgan fingerprint density at radius 2 is 2.09 bits per heavy atom. The predicted molar refractivity (Wildman–Crippen MR) is 80.9 cm³/mol. The number of hydrogen-bond acceptors (Lipinski definition) is 3. The van der Waals surface area contributed by atoms with Crippen LogP contribution in [0, 0.1) is 17.2 Å². The van der Waals surface area contributed by atoms with E-state index in [1.54, 1.807) is 4.90 Å². The Morgan fingerprint density at radius 3 is 2.65 bits per heavy atom. The van der Waals surface area contributed by atoms with Gasteiger partial charge in [-0.3, -0.25) is 9.59 Å². The molecule has 23 heavy (non-hydrogen) atoms. The summed E-state index contributed by atoms with van der Waals surface area (Å²) in [4.78, 5) is 24.9. The number of carboxylic acid groups (broad SMARTS) is 1. The molecule has 1 unspecified atom stereocenters. The third kappa shape index (κ3) is 3.27. The van der Waals surface area contributed by atoms with Crippen LogP contribution in [0.2, 0.25) is 5.02 Å². The molecule has 1 aliphatic carbocycles. The van der Waals surface area contributed by atoms with Crippen LogP contribution in [0.3, 0.4) is 0 Å². The van der Waals surface area contributed by atoms with E-state index in [0.29, 0.717) is 32.4 Å². The second-order valence-electron chi connectivity index (χ2n) is 6.20. The maximum Gasteiger partial charge on any atom is 0.307 e. The minimum Gasteiger partial charge on any atom is -0.482 e. The van der Waals surface area contributed by atoms with Crippen molar-refractivity contribution in [2.75, 3.05) is 19.7 Å². The first kappa shape index (κ1) is 16.1. The highest BCUT2D eigenvalue weighted by atomic mass is 35.5. The fourth-order valence-electron chi connectivity index (χ4n) is 3.27. The molecule has 1 amide bonds. The van der Waals surface area contributed by atoms with Gasteiger partial charge in [-0.05, 0) is 42.9 Å². The van der Waals surface area contributed by atoms with Gasteiger partial charge in [0.25, 0.3) is 5.91 Å². The van der Waals surface area contributed by atoms with E-state index < -0.39 is 11.8 Å². The number of nitrogens with zero attached hydrogens (tertiary/aromatic N) is 1. The van der Waals surface area contributed by atoms with E-state index in [1.807, 2.05) is 0 Å². The van der Waals surface area contributed by atoms with Crippen molar-refractivity contribution in [3.8, 4) is 5.75 Å². The van der Waals surface area contributed by atoms with Crippen LogP contribution in [0.1, 0.15) is 19.3 Å². The van der Waals surface area contributed by atoms with Gasteiger partial charge in [-0.15, -0.1) is 0 Å². The molecule has 3 rings (SSSR count). The molecule has 0 aromatic heterocycles. The number of piperidine rings is 1. The van der Waals surface area contributed by atoms with E-state index in [2.05, 4.69) is 0 Å². The summed E-state index contributed by atoms with van der Waals surface area (Å²) in [5, 5.41) is 9.18. The molecule has 1 spiro atoms. The summed E-state index contributed by atoms with van der Waals surface area (Å²) < 4.78 is 18.3. The van der Waals surface area contributed by atoms with Gasteiger partial charge in [0.15, 0.2) is 6.61 Å². The van der Waals surface area contributed by atoms with E-state index in [0.717, 1.165) is 6.07 Å². The van der Waals surface area contributed by atoms with Crippen molar-refractivity contribution in [3.05, 3.63) is 29.0 Å². The van der Waals surface area contributed by atoms with E-state index in [9.17, 15) is 14.0 Å². The van der Waals surface area contributed by atoms with Gasteiger partial charge >= 0.3 is 5.97 Å². The van der Waals surface area contributed by atoms with E-state index in [4.69, 9.17) is 21.4 Å². The molecule has 1 atom stereocenters. The van der Waals surface area contributed by atoms with Crippen molar-refractivity contribution in [1.29, 1.82) is 0 Å². The fraction of sp³-hybridized carbons (Fsp3) is 0.500. The van der Waals surface area contributed by atoms with Gasteiger partial charge in [-0.25, -0.2) is 4.39 Å². The summed E-state index contributed by atoms with van der Waals surface area (Å²) in [7, 11) is 0. The van der Waals surface area contributed by atoms with Crippen LogP contribution in [0.25, 0.3) is 0 Å². The molecule has 2 fully saturated rings. The van der Waals surface area contributed by atoms with Gasteiger partial charge in [0.2, 0.25) is 0 Å². The Kier molecular flexibility index (Phi) is 4.19. The molecule has 124 valence electrons. The number of halogens is 2. The molecule has 5 nitrogen and oxygen atoms in total. The molecule has 1 saturated heterocycles. The van der Waals surface area contributed by atoms with E-state index in [1.165, 1.54) is 12.1 Å². The molecule has 1 N–H and O–H groups in total. The summed E-state index contributed by atoms with van der Waals surface area (Å²) >= 11 is 5.84. The Bertz CT molecular complexity index is 643. The zero-order chi connectivity index (χ0) is 16.6. The number of carbonyl (C=O) groups excluding carboxylic acids is 1. The predicted octanol–water partition coefficient (Wildman–Crippen LogP) is 2.57. The summed E-state index contributed by atoms with van der Waals surface area (Å²) in [6, 6.07) is 3.73. The summed E-state index contributed by atoms with van der Waals surface area (Å²) in [5.74, 6) is -1.36. The van der Waals surface area contributed by atoms with Gasteiger partial charge in [0.05, 0.1) is 10.9 Å². The number of likely N-dealkylation sites (tertiary alicyclic amines) is 1. The number of carbonyl (C=O) groups is 2. The monoisotopic (exact) mass is 341 g/mol. The van der Waals surface area contributed by atoms with Crippen LogP contribution in [0.5, 0.6) is 5.75 Å². The first-order valence-corrected chi connectivity index (χ1v) is 7.87. The van der Waals surface area contributed by atoms with Crippen molar-refractivity contribution < 1.29 is 23.8 Å². The second-order valence-corrected chi connectivity index (χ2v) is 6.61. The number of benzene rings is 1. The van der Waals surface area contributed by atoms with Crippen LogP contribution in [0.4, 0.5) is 4.39 Å². The van der Waals surface area contributed by atoms with Crippen LogP contribution in [-0.4, -0.2) is 41.6 Å². The highest BCUT2D eigenvalue weighted by molar-refractivity contribution is 6.32. The first-order valence-electron chi connectivity index (χ1n) is 7.50. The van der Waals surface area contributed by atoms with Gasteiger partial charge < -0.3 is 14.7 Å². The summed E-state index contributed by atoms with van der Waals surface area (Å²) in [6.45, 7) is 0.924. The molecule has 2 aliphatic rings. The van der Waals surface area contributed by atoms with Crippen molar-refractivity contribution in [3.63, 3.8) is 0 Å². The Labute approximate surface area is 138 Å². The third-order valence-corrected chi connectivity index (χ3v) is 5.14. The van der Waals surface area contributed by atoms with Gasteiger partial charge in [0.1, 0.15) is 11.6 Å². The lowest BCUT2D eigenvalue weighted by Crippen LogP contribution is -2.42. The lowest BCUT2D eigenvalue weighted by Gasteiger charge is -2.32. The largest absolute Gasteiger partial charge is 0.482 e. The Balaban J connectivity index is 1.49. The molecule has 1 saturated carbocycles. The molecule has 7 heteroatoms. The van der Waals surface area contributed by atoms with Crippen molar-refractivity contribution >= 4 is 23.5 Å². The van der Waals surface area contributed by atoms with Crippen molar-refractivity contribution in [2.45, 2.75) is 19.3 Å².